The van der Waals surface area contributed by atoms with Gasteiger partial charge >= 0.3 is 0 Å². The molecule has 1 aliphatic carbocycles. The lowest BCUT2D eigenvalue weighted by atomic mass is 9.87. The number of ether oxygens (including phenoxy) is 1. The van der Waals surface area contributed by atoms with Crippen molar-refractivity contribution < 1.29 is 17.1 Å². The van der Waals surface area contributed by atoms with Crippen LogP contribution in [0.4, 0.5) is 5.69 Å². The minimum Gasteiger partial charge on any atom is -1.00 e. The van der Waals surface area contributed by atoms with Crippen LogP contribution in [0.15, 0.2) is 78.1 Å². The Morgan fingerprint density at radius 3 is 2.33 bits per heavy atom. The highest BCUT2D eigenvalue weighted by molar-refractivity contribution is 5.91. The van der Waals surface area contributed by atoms with Crippen LogP contribution >= 0.6 is 0 Å². The summed E-state index contributed by atoms with van der Waals surface area (Å²) in [4.78, 5) is 4.28. The maximum atomic E-state index is 6.36. The molecule has 0 bridgehead atoms. The van der Waals surface area contributed by atoms with Crippen molar-refractivity contribution in [1.82, 2.24) is 4.90 Å². The number of anilines is 1. The summed E-state index contributed by atoms with van der Waals surface area (Å²) in [6.07, 6.45) is 6.62. The van der Waals surface area contributed by atoms with E-state index in [0.29, 0.717) is 0 Å². The van der Waals surface area contributed by atoms with Crippen LogP contribution in [0.1, 0.15) is 11.1 Å². The number of rotatable bonds is 3. The molecule has 1 atom stereocenters. The zero-order valence-corrected chi connectivity index (χ0v) is 16.9. The Kier molecular flexibility index (Phi) is 5.45. The highest BCUT2D eigenvalue weighted by Crippen LogP contribution is 2.44. The third-order valence-corrected chi connectivity index (χ3v) is 4.95. The molecule has 0 saturated carbocycles. The van der Waals surface area contributed by atoms with Gasteiger partial charge in [0.2, 0.25) is 0 Å². The highest BCUT2D eigenvalue weighted by Gasteiger charge is 2.27. The standard InChI is InChI=1S/C23H24N2O.ClH/c1-24(2)17-10-12-19-21(14-17)26-22-15-18(25(3)4)11-13-20(22)23(19)16-8-6-5-7-9-16;/h5-15,17H,1-4H3;1H/p-1. The van der Waals surface area contributed by atoms with E-state index in [1.165, 1.54) is 11.1 Å². The molecule has 4 rings (SSSR count). The number of hydrogen-bond donors (Lipinski definition) is 0. The Labute approximate surface area is 167 Å². The van der Waals surface area contributed by atoms with Gasteiger partial charge in [-0.25, -0.2) is 0 Å². The number of likely N-dealkylation sites (N-methyl/N-ethyl adjacent to an activating group) is 1. The minimum atomic E-state index is 0. The maximum Gasteiger partial charge on any atom is 0.137 e. The first kappa shape index (κ1) is 19.3. The van der Waals surface area contributed by atoms with Gasteiger partial charge in [-0.15, -0.1) is 0 Å². The first-order valence-electron chi connectivity index (χ1n) is 8.90. The summed E-state index contributed by atoms with van der Waals surface area (Å²) in [5, 5.41) is 0. The predicted octanol–water partition coefficient (Wildman–Crippen LogP) is 1.33. The van der Waals surface area contributed by atoms with Crippen molar-refractivity contribution in [1.29, 1.82) is 0 Å². The average Bonchev–Trinajstić information content (AvgIpc) is 2.65. The van der Waals surface area contributed by atoms with Crippen molar-refractivity contribution in [2.75, 3.05) is 33.1 Å². The number of nitrogens with zero attached hydrogens (tertiary/aromatic N) is 2. The minimum absolute atomic E-state index is 0. The quantitative estimate of drug-likeness (QED) is 0.800. The second-order valence-electron chi connectivity index (χ2n) is 7.18. The Balaban J connectivity index is 0.00000210. The van der Waals surface area contributed by atoms with Crippen molar-refractivity contribution in [3.8, 4) is 5.75 Å². The first-order valence-corrected chi connectivity index (χ1v) is 8.90. The van der Waals surface area contributed by atoms with Gasteiger partial charge in [-0.1, -0.05) is 42.5 Å². The summed E-state index contributed by atoms with van der Waals surface area (Å²) in [6, 6.07) is 17.2. The molecule has 4 heteroatoms. The molecule has 0 amide bonds. The van der Waals surface area contributed by atoms with Crippen LogP contribution in [0.2, 0.25) is 0 Å². The number of allylic oxidation sites excluding steroid dienone is 1. The van der Waals surface area contributed by atoms with E-state index in [9.17, 15) is 0 Å². The molecule has 3 nitrogen and oxygen atoms in total. The molecule has 27 heavy (non-hydrogen) atoms. The Hall–Kier alpha value is -2.49. The van der Waals surface area contributed by atoms with Gasteiger partial charge in [0.05, 0.1) is 0 Å². The van der Waals surface area contributed by atoms with E-state index in [-0.39, 0.29) is 18.4 Å². The molecule has 2 aromatic carbocycles. The molecule has 0 N–H and O–H groups in total. The summed E-state index contributed by atoms with van der Waals surface area (Å²) in [7, 11) is 8.27. The highest BCUT2D eigenvalue weighted by atomic mass is 35.5. The van der Waals surface area contributed by atoms with Gasteiger partial charge in [0, 0.05) is 48.6 Å². The molecular weight excluding hydrogens is 356 g/mol. The van der Waals surface area contributed by atoms with E-state index >= 15 is 0 Å². The molecule has 1 aliphatic heterocycles. The van der Waals surface area contributed by atoms with E-state index in [0.717, 1.165) is 28.3 Å². The van der Waals surface area contributed by atoms with Crippen LogP contribution in [0.5, 0.6) is 5.75 Å². The third-order valence-electron chi connectivity index (χ3n) is 4.95. The lowest BCUT2D eigenvalue weighted by molar-refractivity contribution is -0.00000569. The van der Waals surface area contributed by atoms with E-state index in [1.807, 2.05) is 0 Å². The van der Waals surface area contributed by atoms with Gasteiger partial charge in [-0.05, 0) is 37.9 Å². The summed E-state index contributed by atoms with van der Waals surface area (Å²) in [5.74, 6) is 1.85. The molecule has 0 aromatic heterocycles. The lowest BCUT2D eigenvalue weighted by Crippen LogP contribution is -3.00. The Morgan fingerprint density at radius 2 is 1.67 bits per heavy atom. The van der Waals surface area contributed by atoms with Gasteiger partial charge in [0.15, 0.2) is 0 Å². The normalized spacial score (nSPS) is 17.5. The molecule has 0 spiro atoms. The first-order chi connectivity index (χ1) is 12.5. The zero-order valence-electron chi connectivity index (χ0n) is 16.1. The fourth-order valence-corrected chi connectivity index (χ4v) is 3.45. The summed E-state index contributed by atoms with van der Waals surface area (Å²) < 4.78 is 6.36. The smallest absolute Gasteiger partial charge is 0.137 e. The van der Waals surface area contributed by atoms with Gasteiger partial charge < -0.3 is 22.0 Å². The fraction of sp³-hybridized carbons (Fsp3) is 0.217. The van der Waals surface area contributed by atoms with E-state index in [2.05, 4.69) is 105 Å². The van der Waals surface area contributed by atoms with Crippen LogP contribution in [-0.4, -0.2) is 39.1 Å². The van der Waals surface area contributed by atoms with Crippen molar-refractivity contribution in [3.63, 3.8) is 0 Å². The summed E-state index contributed by atoms with van der Waals surface area (Å²) >= 11 is 0. The van der Waals surface area contributed by atoms with E-state index in [1.54, 1.807) is 0 Å². The van der Waals surface area contributed by atoms with Gasteiger partial charge in [0.1, 0.15) is 11.5 Å². The molecule has 0 saturated heterocycles. The molecule has 0 radical (unpaired) electrons. The third kappa shape index (κ3) is 3.53. The fourth-order valence-electron chi connectivity index (χ4n) is 3.45. The van der Waals surface area contributed by atoms with Gasteiger partial charge in [0.25, 0.3) is 0 Å². The molecule has 1 unspecified atom stereocenters. The van der Waals surface area contributed by atoms with Crippen molar-refractivity contribution >= 4 is 11.3 Å². The SMILES string of the molecule is CN(C)c1ccc2c(c1)OC1=CC(N(C)C)C=CC1=C2c1ccccc1.[Cl-]. The molecule has 2 aromatic rings. The molecular formula is C23H24ClN2O-. The second kappa shape index (κ2) is 7.63. The number of halogens is 1. The molecule has 0 fully saturated rings. The molecule has 2 aliphatic rings. The van der Waals surface area contributed by atoms with E-state index < -0.39 is 0 Å². The zero-order chi connectivity index (χ0) is 18.3. The summed E-state index contributed by atoms with van der Waals surface area (Å²) in [5.41, 5.74) is 5.87. The van der Waals surface area contributed by atoms with E-state index in [4.69, 9.17) is 4.74 Å². The molecule has 1 heterocycles. The van der Waals surface area contributed by atoms with Crippen molar-refractivity contribution in [3.05, 3.63) is 89.2 Å². The topological polar surface area (TPSA) is 15.7 Å². The van der Waals surface area contributed by atoms with Crippen molar-refractivity contribution in [2.24, 2.45) is 0 Å². The maximum absolute atomic E-state index is 6.36. The Morgan fingerprint density at radius 1 is 0.926 bits per heavy atom. The average molecular weight is 380 g/mol. The van der Waals surface area contributed by atoms with Crippen LogP contribution in [-0.2, 0) is 0 Å². The van der Waals surface area contributed by atoms with Gasteiger partial charge in [-0.3, -0.25) is 4.90 Å². The monoisotopic (exact) mass is 379 g/mol. The van der Waals surface area contributed by atoms with Crippen LogP contribution in [0.3, 0.4) is 0 Å². The molecule has 140 valence electrons. The Bertz CT molecular complexity index is 927. The number of hydrogen-bond acceptors (Lipinski definition) is 3. The summed E-state index contributed by atoms with van der Waals surface area (Å²) in [6.45, 7) is 0. The lowest BCUT2D eigenvalue weighted by Gasteiger charge is -2.30. The second-order valence-corrected chi connectivity index (χ2v) is 7.18. The van der Waals surface area contributed by atoms with Crippen LogP contribution in [0.25, 0.3) is 5.57 Å². The number of fused-ring (bicyclic) bond motifs is 2. The van der Waals surface area contributed by atoms with Crippen molar-refractivity contribution in [2.45, 2.75) is 6.04 Å². The van der Waals surface area contributed by atoms with Gasteiger partial charge in [-0.2, -0.15) is 0 Å². The largest absolute Gasteiger partial charge is 1.00 e. The predicted molar refractivity (Wildman–Crippen MR) is 109 cm³/mol. The number of benzene rings is 2. The van der Waals surface area contributed by atoms with Crippen LogP contribution < -0.4 is 22.0 Å². The van der Waals surface area contributed by atoms with Crippen LogP contribution in [0, 0.1) is 0 Å².